The van der Waals surface area contributed by atoms with Gasteiger partial charge < -0.3 is 5.32 Å². The first-order valence-corrected chi connectivity index (χ1v) is 8.06. The first-order valence-electron chi connectivity index (χ1n) is 8.06. The number of aromatic nitrogens is 5. The van der Waals surface area contributed by atoms with E-state index >= 15 is 0 Å². The van der Waals surface area contributed by atoms with Crippen LogP contribution in [0.2, 0.25) is 0 Å². The molecule has 0 bridgehead atoms. The van der Waals surface area contributed by atoms with Crippen LogP contribution >= 0.6 is 0 Å². The maximum absolute atomic E-state index is 14.0. The highest BCUT2D eigenvalue weighted by Gasteiger charge is 2.40. The van der Waals surface area contributed by atoms with Crippen molar-refractivity contribution in [2.45, 2.75) is 12.3 Å². The monoisotopic (exact) mass is 340 g/mol. The number of rotatable bonds is 5. The summed E-state index contributed by atoms with van der Waals surface area (Å²) in [5.41, 5.74) is 1.76. The second-order valence-electron chi connectivity index (χ2n) is 6.20. The average Bonchev–Trinajstić information content (AvgIpc) is 2.99. The standard InChI is InChI=1S/C17H17FN6O/c1-23-16(4-5-21-23)13-8-11(13)10-19-17(25)14-9-12(2-3-15(14)18)24-7-6-20-22-24/h2-7,9,11,13H,8,10H2,1H3,(H,19,25)/t11-,13+/m0/s1. The maximum Gasteiger partial charge on any atom is 0.254 e. The molecule has 2 heterocycles. The highest BCUT2D eigenvalue weighted by atomic mass is 19.1. The van der Waals surface area contributed by atoms with Crippen molar-refractivity contribution in [3.8, 4) is 5.69 Å². The Hall–Kier alpha value is -3.03. The molecule has 1 aromatic carbocycles. The molecule has 3 aromatic rings. The van der Waals surface area contributed by atoms with Crippen LogP contribution < -0.4 is 5.32 Å². The third-order valence-corrected chi connectivity index (χ3v) is 4.57. The van der Waals surface area contributed by atoms with Gasteiger partial charge in [0.2, 0.25) is 0 Å². The lowest BCUT2D eigenvalue weighted by Gasteiger charge is -2.08. The molecule has 1 saturated carbocycles. The predicted octanol–water partition coefficient (Wildman–Crippen LogP) is 1.67. The normalized spacial score (nSPS) is 19.0. The largest absolute Gasteiger partial charge is 0.352 e. The molecule has 25 heavy (non-hydrogen) atoms. The fourth-order valence-corrected chi connectivity index (χ4v) is 3.08. The zero-order chi connectivity index (χ0) is 17.4. The van der Waals surface area contributed by atoms with Crippen molar-refractivity contribution in [3.63, 3.8) is 0 Å². The molecule has 1 aliphatic rings. The van der Waals surface area contributed by atoms with Crippen LogP contribution in [-0.4, -0.2) is 37.2 Å². The lowest BCUT2D eigenvalue weighted by Crippen LogP contribution is -2.27. The van der Waals surface area contributed by atoms with Crippen molar-refractivity contribution >= 4 is 5.91 Å². The quantitative estimate of drug-likeness (QED) is 0.766. The van der Waals surface area contributed by atoms with Crippen molar-refractivity contribution in [1.82, 2.24) is 30.1 Å². The van der Waals surface area contributed by atoms with Gasteiger partial charge in [0.05, 0.1) is 23.6 Å². The third kappa shape index (κ3) is 3.02. The Balaban J connectivity index is 1.42. The van der Waals surface area contributed by atoms with Gasteiger partial charge in [-0.15, -0.1) is 5.10 Å². The van der Waals surface area contributed by atoms with Crippen molar-refractivity contribution in [2.75, 3.05) is 6.54 Å². The van der Waals surface area contributed by atoms with Gasteiger partial charge >= 0.3 is 0 Å². The molecule has 2 atom stereocenters. The fourth-order valence-electron chi connectivity index (χ4n) is 3.08. The number of nitrogens with one attached hydrogen (secondary N) is 1. The molecule has 1 fully saturated rings. The Kier molecular flexibility index (Phi) is 3.79. The minimum atomic E-state index is -0.555. The van der Waals surface area contributed by atoms with Gasteiger partial charge in [-0.05, 0) is 36.6 Å². The average molecular weight is 340 g/mol. The van der Waals surface area contributed by atoms with E-state index in [1.54, 1.807) is 18.5 Å². The molecule has 2 aromatic heterocycles. The second-order valence-corrected chi connectivity index (χ2v) is 6.20. The molecule has 1 aliphatic carbocycles. The van der Waals surface area contributed by atoms with Gasteiger partial charge in [-0.1, -0.05) is 5.21 Å². The first kappa shape index (κ1) is 15.5. The van der Waals surface area contributed by atoms with E-state index in [0.29, 0.717) is 24.1 Å². The molecule has 4 rings (SSSR count). The summed E-state index contributed by atoms with van der Waals surface area (Å²) in [5.74, 6) is -0.212. The highest BCUT2D eigenvalue weighted by Crippen LogP contribution is 2.46. The minimum Gasteiger partial charge on any atom is -0.352 e. The number of hydrogen-bond acceptors (Lipinski definition) is 4. The van der Waals surface area contributed by atoms with E-state index in [0.717, 1.165) is 6.42 Å². The highest BCUT2D eigenvalue weighted by molar-refractivity contribution is 5.95. The lowest BCUT2D eigenvalue weighted by atomic mass is 10.1. The molecule has 0 aliphatic heterocycles. The number of carbonyl (C=O) groups excluding carboxylic acids is 1. The molecule has 128 valence electrons. The molecule has 0 saturated heterocycles. The number of benzene rings is 1. The SMILES string of the molecule is Cn1nccc1[C@@H]1C[C@H]1CNC(=O)c1cc(-n2ccnn2)ccc1F. The van der Waals surface area contributed by atoms with E-state index in [9.17, 15) is 9.18 Å². The molecular formula is C17H17FN6O. The number of nitrogens with zero attached hydrogens (tertiary/aromatic N) is 5. The summed E-state index contributed by atoms with van der Waals surface area (Å²) in [7, 11) is 1.91. The molecule has 1 amide bonds. The molecule has 7 nitrogen and oxygen atoms in total. The van der Waals surface area contributed by atoms with Crippen LogP contribution in [0.15, 0.2) is 42.9 Å². The summed E-state index contributed by atoms with van der Waals surface area (Å²) in [5, 5.41) is 14.6. The van der Waals surface area contributed by atoms with Crippen LogP contribution in [0, 0.1) is 11.7 Å². The van der Waals surface area contributed by atoms with Crippen molar-refractivity contribution in [2.24, 2.45) is 13.0 Å². The van der Waals surface area contributed by atoms with Crippen LogP contribution in [0.1, 0.15) is 28.4 Å². The summed E-state index contributed by atoms with van der Waals surface area (Å²) in [6.07, 6.45) is 5.93. The zero-order valence-electron chi connectivity index (χ0n) is 13.6. The van der Waals surface area contributed by atoms with E-state index < -0.39 is 11.7 Å². The first-order chi connectivity index (χ1) is 12.1. The fraction of sp³-hybridized carbons (Fsp3) is 0.294. The van der Waals surface area contributed by atoms with Crippen LogP contribution in [0.25, 0.3) is 5.69 Å². The third-order valence-electron chi connectivity index (χ3n) is 4.57. The summed E-state index contributed by atoms with van der Waals surface area (Å²) in [4.78, 5) is 12.4. The van der Waals surface area contributed by atoms with Gasteiger partial charge in [-0.25, -0.2) is 9.07 Å². The molecule has 8 heteroatoms. The van der Waals surface area contributed by atoms with Gasteiger partial charge in [0.1, 0.15) is 5.82 Å². The Labute approximate surface area is 143 Å². The maximum atomic E-state index is 14.0. The summed E-state index contributed by atoms with van der Waals surface area (Å²) in [6, 6.07) is 6.29. The van der Waals surface area contributed by atoms with Crippen molar-refractivity contribution in [1.29, 1.82) is 0 Å². The van der Waals surface area contributed by atoms with Crippen LogP contribution in [-0.2, 0) is 7.05 Å². The van der Waals surface area contributed by atoms with Crippen LogP contribution in [0.5, 0.6) is 0 Å². The summed E-state index contributed by atoms with van der Waals surface area (Å²) < 4.78 is 17.4. The zero-order valence-corrected chi connectivity index (χ0v) is 13.6. The van der Waals surface area contributed by atoms with E-state index in [1.165, 1.54) is 28.7 Å². The van der Waals surface area contributed by atoms with Gasteiger partial charge in [-0.3, -0.25) is 9.48 Å². The molecular weight excluding hydrogens is 323 g/mol. The van der Waals surface area contributed by atoms with E-state index in [-0.39, 0.29) is 5.56 Å². The van der Waals surface area contributed by atoms with Gasteiger partial charge in [-0.2, -0.15) is 5.10 Å². The minimum absolute atomic E-state index is 0.00531. The smallest absolute Gasteiger partial charge is 0.254 e. The van der Waals surface area contributed by atoms with E-state index in [2.05, 4.69) is 20.7 Å². The molecule has 0 unspecified atom stereocenters. The van der Waals surface area contributed by atoms with Gasteiger partial charge in [0.25, 0.3) is 5.91 Å². The van der Waals surface area contributed by atoms with Gasteiger partial charge in [0, 0.05) is 31.4 Å². The summed E-state index contributed by atoms with van der Waals surface area (Å²) in [6.45, 7) is 0.516. The summed E-state index contributed by atoms with van der Waals surface area (Å²) >= 11 is 0. The Morgan fingerprint density at radius 2 is 2.24 bits per heavy atom. The van der Waals surface area contributed by atoms with Crippen LogP contribution in [0.4, 0.5) is 4.39 Å². The Bertz CT molecular complexity index is 904. The molecule has 0 spiro atoms. The number of hydrogen-bond donors (Lipinski definition) is 1. The van der Waals surface area contributed by atoms with Gasteiger partial charge in [0.15, 0.2) is 0 Å². The van der Waals surface area contributed by atoms with Crippen molar-refractivity contribution in [3.05, 3.63) is 59.9 Å². The second kappa shape index (κ2) is 6.12. The Morgan fingerprint density at radius 3 is 2.96 bits per heavy atom. The lowest BCUT2D eigenvalue weighted by molar-refractivity contribution is 0.0947. The van der Waals surface area contributed by atoms with E-state index in [1.807, 2.05) is 17.8 Å². The number of halogens is 1. The number of aryl methyl sites for hydroxylation is 1. The van der Waals surface area contributed by atoms with E-state index in [4.69, 9.17) is 0 Å². The van der Waals surface area contributed by atoms with Crippen molar-refractivity contribution < 1.29 is 9.18 Å². The predicted molar refractivity (Wildman–Crippen MR) is 87.7 cm³/mol. The molecule has 1 N–H and O–H groups in total. The number of carbonyl (C=O) groups is 1. The Morgan fingerprint density at radius 1 is 1.36 bits per heavy atom. The molecule has 0 radical (unpaired) electrons. The topological polar surface area (TPSA) is 77.6 Å². The number of amides is 1. The van der Waals surface area contributed by atoms with Crippen LogP contribution in [0.3, 0.4) is 0 Å².